The van der Waals surface area contributed by atoms with Crippen LogP contribution in [0.2, 0.25) is 0 Å². The lowest BCUT2D eigenvalue weighted by molar-refractivity contribution is 0.573. The van der Waals surface area contributed by atoms with Crippen molar-refractivity contribution in [2.45, 2.75) is 51.5 Å². The Balaban J connectivity index is 2.39. The summed E-state index contributed by atoms with van der Waals surface area (Å²) >= 11 is 0. The van der Waals surface area contributed by atoms with Gasteiger partial charge < -0.3 is 4.98 Å². The van der Waals surface area contributed by atoms with Gasteiger partial charge in [-0.3, -0.25) is 0 Å². The van der Waals surface area contributed by atoms with Crippen molar-refractivity contribution in [1.82, 2.24) is 14.7 Å². The van der Waals surface area contributed by atoms with Crippen molar-refractivity contribution >= 4 is 10.0 Å². The predicted molar refractivity (Wildman–Crippen MR) is 87.2 cm³/mol. The van der Waals surface area contributed by atoms with Crippen LogP contribution in [0.5, 0.6) is 0 Å². The fourth-order valence-corrected chi connectivity index (χ4v) is 3.50. The zero-order valence-electron chi connectivity index (χ0n) is 13.7. The third kappa shape index (κ3) is 3.56. The molecule has 0 spiro atoms. The molecule has 0 atom stereocenters. The van der Waals surface area contributed by atoms with E-state index in [1.165, 1.54) is 0 Å². The topological polar surface area (TPSA) is 74.8 Å². The second kappa shape index (κ2) is 5.85. The van der Waals surface area contributed by atoms with E-state index < -0.39 is 10.0 Å². The van der Waals surface area contributed by atoms with E-state index in [1.807, 2.05) is 13.8 Å². The van der Waals surface area contributed by atoms with Crippen LogP contribution in [0.25, 0.3) is 0 Å². The minimum absolute atomic E-state index is 0.107. The summed E-state index contributed by atoms with van der Waals surface area (Å²) in [5.41, 5.74) is 2.66. The van der Waals surface area contributed by atoms with Crippen molar-refractivity contribution in [3.05, 3.63) is 47.0 Å². The van der Waals surface area contributed by atoms with Crippen LogP contribution in [0.1, 0.15) is 43.3 Å². The minimum atomic E-state index is -3.58. The average molecular weight is 321 g/mol. The summed E-state index contributed by atoms with van der Waals surface area (Å²) in [6.45, 7) is 10.1. The number of H-pyrrole nitrogens is 1. The van der Waals surface area contributed by atoms with Gasteiger partial charge in [-0.15, -0.1) is 0 Å². The normalized spacial score (nSPS) is 12.6. The molecule has 0 aliphatic heterocycles. The first-order valence-corrected chi connectivity index (χ1v) is 8.69. The van der Waals surface area contributed by atoms with Crippen LogP contribution in [-0.4, -0.2) is 18.4 Å². The molecule has 22 heavy (non-hydrogen) atoms. The average Bonchev–Trinajstić information content (AvgIpc) is 2.91. The van der Waals surface area contributed by atoms with Gasteiger partial charge in [-0.1, -0.05) is 26.8 Å². The van der Waals surface area contributed by atoms with E-state index in [9.17, 15) is 8.42 Å². The molecule has 0 fully saturated rings. The number of hydrogen-bond acceptors (Lipinski definition) is 3. The first kappa shape index (κ1) is 16.7. The van der Waals surface area contributed by atoms with Gasteiger partial charge in [0, 0.05) is 12.4 Å². The van der Waals surface area contributed by atoms with Crippen LogP contribution in [0.3, 0.4) is 0 Å². The maximum atomic E-state index is 12.6. The van der Waals surface area contributed by atoms with Gasteiger partial charge in [0.05, 0.1) is 11.4 Å². The maximum Gasteiger partial charge on any atom is 0.241 e. The number of aryl methyl sites for hydroxylation is 1. The Morgan fingerprint density at radius 1 is 1.23 bits per heavy atom. The van der Waals surface area contributed by atoms with Crippen molar-refractivity contribution in [2.75, 3.05) is 0 Å². The smallest absolute Gasteiger partial charge is 0.241 e. The molecule has 6 heteroatoms. The van der Waals surface area contributed by atoms with Crippen LogP contribution in [0.4, 0.5) is 0 Å². The van der Waals surface area contributed by atoms with E-state index in [-0.39, 0.29) is 12.0 Å². The summed E-state index contributed by atoms with van der Waals surface area (Å²) in [5, 5.41) is 0. The van der Waals surface area contributed by atoms with E-state index in [4.69, 9.17) is 0 Å². The lowest BCUT2D eigenvalue weighted by Gasteiger charge is -2.22. The van der Waals surface area contributed by atoms with Gasteiger partial charge in [0.2, 0.25) is 10.0 Å². The molecule has 0 aliphatic rings. The van der Waals surface area contributed by atoms with Gasteiger partial charge in [-0.25, -0.2) is 18.1 Å². The Morgan fingerprint density at radius 3 is 2.45 bits per heavy atom. The molecule has 120 valence electrons. The van der Waals surface area contributed by atoms with Crippen LogP contribution < -0.4 is 4.72 Å². The number of hydrogen-bond donors (Lipinski definition) is 2. The van der Waals surface area contributed by atoms with Gasteiger partial charge in [-0.2, -0.15) is 0 Å². The van der Waals surface area contributed by atoms with Crippen molar-refractivity contribution in [3.63, 3.8) is 0 Å². The molecule has 0 amide bonds. The van der Waals surface area contributed by atoms with Crippen LogP contribution >= 0.6 is 0 Å². The third-order valence-corrected chi connectivity index (χ3v) is 5.29. The zero-order valence-corrected chi connectivity index (χ0v) is 14.5. The van der Waals surface area contributed by atoms with Gasteiger partial charge in [0.15, 0.2) is 0 Å². The summed E-state index contributed by atoms with van der Waals surface area (Å²) in [5.74, 6) is 0.588. The summed E-state index contributed by atoms with van der Waals surface area (Å²) in [4.78, 5) is 7.25. The van der Waals surface area contributed by atoms with E-state index >= 15 is 0 Å². The SMILES string of the molecule is Cc1cc(C(C)(C)C)cc(S(=O)(=O)NCc2ncc[nH]2)c1C. The lowest BCUT2D eigenvalue weighted by atomic mass is 9.85. The Morgan fingerprint density at radius 2 is 1.91 bits per heavy atom. The van der Waals surface area contributed by atoms with Gasteiger partial charge in [0.25, 0.3) is 0 Å². The predicted octanol–water partition coefficient (Wildman–Crippen LogP) is 2.80. The number of aromatic amines is 1. The van der Waals surface area contributed by atoms with Crippen molar-refractivity contribution in [2.24, 2.45) is 0 Å². The first-order chi connectivity index (χ1) is 10.1. The summed E-state index contributed by atoms with van der Waals surface area (Å²) in [6.07, 6.45) is 3.26. The Kier molecular flexibility index (Phi) is 4.44. The van der Waals surface area contributed by atoms with Crippen LogP contribution in [0, 0.1) is 13.8 Å². The fourth-order valence-electron chi connectivity index (χ4n) is 2.17. The molecule has 0 aliphatic carbocycles. The van der Waals surface area contributed by atoms with Gasteiger partial charge in [0.1, 0.15) is 5.82 Å². The third-order valence-electron chi connectivity index (χ3n) is 3.76. The largest absolute Gasteiger partial charge is 0.347 e. The van der Waals surface area contributed by atoms with E-state index in [2.05, 4.69) is 41.5 Å². The van der Waals surface area contributed by atoms with Crippen molar-refractivity contribution < 1.29 is 8.42 Å². The molecule has 1 aromatic carbocycles. The van der Waals surface area contributed by atoms with Crippen molar-refractivity contribution in [1.29, 1.82) is 0 Å². The molecular formula is C16H23N3O2S. The molecule has 1 aromatic heterocycles. The first-order valence-electron chi connectivity index (χ1n) is 7.21. The van der Waals surface area contributed by atoms with Gasteiger partial charge in [-0.05, 0) is 42.0 Å². The number of aromatic nitrogens is 2. The maximum absolute atomic E-state index is 12.6. The number of nitrogens with zero attached hydrogens (tertiary/aromatic N) is 1. The fraction of sp³-hybridized carbons (Fsp3) is 0.438. The van der Waals surface area contributed by atoms with Gasteiger partial charge >= 0.3 is 0 Å². The standard InChI is InChI=1S/C16H23N3O2S/c1-11-8-13(16(3,4)5)9-14(12(11)2)22(20,21)19-10-15-17-6-7-18-15/h6-9,19H,10H2,1-5H3,(H,17,18). The summed E-state index contributed by atoms with van der Waals surface area (Å²) < 4.78 is 27.9. The Hall–Kier alpha value is -1.66. The second-order valence-corrected chi connectivity index (χ2v) is 8.26. The molecular weight excluding hydrogens is 298 g/mol. The highest BCUT2D eigenvalue weighted by atomic mass is 32.2. The number of rotatable bonds is 4. The molecule has 1 heterocycles. The Bertz CT molecular complexity index is 757. The molecule has 2 aromatic rings. The second-order valence-electron chi connectivity index (χ2n) is 6.53. The van der Waals surface area contributed by atoms with Crippen LogP contribution in [-0.2, 0) is 22.0 Å². The van der Waals surface area contributed by atoms with Crippen molar-refractivity contribution in [3.8, 4) is 0 Å². The molecule has 2 N–H and O–H groups in total. The van der Waals surface area contributed by atoms with E-state index in [1.54, 1.807) is 18.5 Å². The lowest BCUT2D eigenvalue weighted by Crippen LogP contribution is -2.25. The summed E-state index contributed by atoms with van der Waals surface area (Å²) in [7, 11) is -3.58. The molecule has 0 saturated heterocycles. The molecule has 0 radical (unpaired) electrons. The van der Waals surface area contributed by atoms with Crippen LogP contribution in [0.15, 0.2) is 29.4 Å². The van der Waals surface area contributed by atoms with E-state index in [0.717, 1.165) is 16.7 Å². The van der Waals surface area contributed by atoms with E-state index in [0.29, 0.717) is 10.7 Å². The number of sulfonamides is 1. The number of imidazole rings is 1. The molecule has 5 nitrogen and oxygen atoms in total. The number of nitrogens with one attached hydrogen (secondary N) is 2. The molecule has 0 saturated carbocycles. The Labute approximate surface area is 132 Å². The molecule has 0 bridgehead atoms. The quantitative estimate of drug-likeness (QED) is 0.909. The number of benzene rings is 1. The molecule has 0 unspecified atom stereocenters. The highest BCUT2D eigenvalue weighted by molar-refractivity contribution is 7.89. The zero-order chi connectivity index (χ0) is 16.5. The molecule has 2 rings (SSSR count). The highest BCUT2D eigenvalue weighted by Gasteiger charge is 2.23. The minimum Gasteiger partial charge on any atom is -0.347 e. The monoisotopic (exact) mass is 321 g/mol. The highest BCUT2D eigenvalue weighted by Crippen LogP contribution is 2.29. The summed E-state index contributed by atoms with van der Waals surface area (Å²) in [6, 6.07) is 3.83.